The number of hydrogen-bond acceptors (Lipinski definition) is 5. The Morgan fingerprint density at radius 2 is 2.00 bits per heavy atom. The molecule has 0 spiro atoms. The molecule has 1 unspecified atom stereocenters. The Morgan fingerprint density at radius 3 is 2.62 bits per heavy atom. The van der Waals surface area contributed by atoms with E-state index in [0.29, 0.717) is 18.5 Å². The Labute approximate surface area is 155 Å². The number of rotatable bonds is 4. The Kier molecular flexibility index (Phi) is 5.98. The van der Waals surface area contributed by atoms with E-state index in [9.17, 15) is 15.0 Å². The van der Waals surface area contributed by atoms with Crippen LogP contribution in [0.15, 0.2) is 18.3 Å². The molecule has 1 aromatic rings. The van der Waals surface area contributed by atoms with E-state index < -0.39 is 6.09 Å². The molecular formula is C19H30N4O3. The van der Waals surface area contributed by atoms with E-state index in [1.807, 2.05) is 12.1 Å². The number of aliphatic hydroxyl groups excluding tert-OH is 1. The number of carbonyl (C=O) groups is 1. The molecule has 2 fully saturated rings. The first-order valence-corrected chi connectivity index (χ1v) is 9.54. The molecule has 2 aliphatic heterocycles. The summed E-state index contributed by atoms with van der Waals surface area (Å²) in [6.07, 6.45) is 2.87. The summed E-state index contributed by atoms with van der Waals surface area (Å²) in [6, 6.07) is 4.27. The van der Waals surface area contributed by atoms with Gasteiger partial charge in [0.05, 0.1) is 12.6 Å². The van der Waals surface area contributed by atoms with Crippen molar-refractivity contribution >= 4 is 11.9 Å². The molecule has 2 aliphatic rings. The number of hydrogen-bond donors (Lipinski definition) is 2. The normalized spacial score (nSPS) is 22.8. The minimum Gasteiger partial charge on any atom is -0.465 e. The number of carboxylic acid groups (broad SMARTS) is 1. The highest BCUT2D eigenvalue weighted by Gasteiger charge is 2.37. The highest BCUT2D eigenvalue weighted by molar-refractivity contribution is 5.65. The fourth-order valence-corrected chi connectivity index (χ4v) is 4.19. The summed E-state index contributed by atoms with van der Waals surface area (Å²) in [4.78, 5) is 22.4. The highest BCUT2D eigenvalue weighted by Crippen LogP contribution is 2.29. The first-order chi connectivity index (χ1) is 12.5. The summed E-state index contributed by atoms with van der Waals surface area (Å²) in [6.45, 7) is 8.36. The average Bonchev–Trinajstić information content (AvgIpc) is 2.67. The van der Waals surface area contributed by atoms with E-state index >= 15 is 0 Å². The molecule has 1 amide bonds. The predicted molar refractivity (Wildman–Crippen MR) is 100 cm³/mol. The van der Waals surface area contributed by atoms with E-state index in [0.717, 1.165) is 50.4 Å². The molecule has 0 saturated carbocycles. The fraction of sp³-hybridized carbons (Fsp3) is 0.684. The minimum atomic E-state index is -0.793. The van der Waals surface area contributed by atoms with Gasteiger partial charge in [0.15, 0.2) is 0 Å². The standard InChI is InChI=1S/C19H30N4O3/c1-14(2)22-9-10-23(19(25)26)17(12-22)16-4-7-21(8-5-16)18-11-15(13-24)3-6-20-18/h3,6,11,14,16-17,24H,4-5,7-10,12-13H2,1-2H3,(H,25,26). The van der Waals surface area contributed by atoms with Gasteiger partial charge in [0.25, 0.3) is 0 Å². The van der Waals surface area contributed by atoms with Crippen molar-refractivity contribution in [2.45, 2.75) is 45.4 Å². The lowest BCUT2D eigenvalue weighted by atomic mass is 9.86. The minimum absolute atomic E-state index is 0.0205. The van der Waals surface area contributed by atoms with Crippen molar-refractivity contribution in [2.75, 3.05) is 37.6 Å². The summed E-state index contributed by atoms with van der Waals surface area (Å²) in [5, 5.41) is 18.9. The second-order valence-corrected chi connectivity index (χ2v) is 7.64. The zero-order valence-corrected chi connectivity index (χ0v) is 15.7. The van der Waals surface area contributed by atoms with E-state index in [1.54, 1.807) is 11.1 Å². The van der Waals surface area contributed by atoms with Crippen LogP contribution in [0, 0.1) is 5.92 Å². The van der Waals surface area contributed by atoms with Gasteiger partial charge in [0.2, 0.25) is 0 Å². The number of amides is 1. The van der Waals surface area contributed by atoms with Gasteiger partial charge in [-0.2, -0.15) is 0 Å². The molecular weight excluding hydrogens is 332 g/mol. The fourth-order valence-electron chi connectivity index (χ4n) is 4.19. The van der Waals surface area contributed by atoms with Crippen molar-refractivity contribution in [2.24, 2.45) is 5.92 Å². The Hall–Kier alpha value is -1.86. The van der Waals surface area contributed by atoms with Crippen molar-refractivity contribution in [1.29, 1.82) is 0 Å². The maximum absolute atomic E-state index is 11.7. The molecule has 0 aromatic carbocycles. The lowest BCUT2D eigenvalue weighted by Crippen LogP contribution is -2.60. The maximum atomic E-state index is 11.7. The summed E-state index contributed by atoms with van der Waals surface area (Å²) in [7, 11) is 0. The van der Waals surface area contributed by atoms with Gasteiger partial charge < -0.3 is 20.0 Å². The number of piperazine rings is 1. The van der Waals surface area contributed by atoms with Crippen LogP contribution in [0.2, 0.25) is 0 Å². The van der Waals surface area contributed by atoms with E-state index in [-0.39, 0.29) is 12.6 Å². The smallest absolute Gasteiger partial charge is 0.407 e. The van der Waals surface area contributed by atoms with E-state index in [4.69, 9.17) is 0 Å². The molecule has 2 saturated heterocycles. The van der Waals surface area contributed by atoms with Crippen LogP contribution < -0.4 is 4.90 Å². The number of piperidine rings is 1. The molecule has 3 heterocycles. The zero-order chi connectivity index (χ0) is 18.7. The van der Waals surface area contributed by atoms with Crippen LogP contribution in [0.25, 0.3) is 0 Å². The van der Waals surface area contributed by atoms with Crippen molar-refractivity contribution in [3.05, 3.63) is 23.9 Å². The second-order valence-electron chi connectivity index (χ2n) is 7.64. The van der Waals surface area contributed by atoms with Crippen LogP contribution in [-0.2, 0) is 6.61 Å². The number of nitrogens with zero attached hydrogens (tertiary/aromatic N) is 4. The molecule has 7 heteroatoms. The molecule has 0 radical (unpaired) electrons. The first-order valence-electron chi connectivity index (χ1n) is 9.54. The van der Waals surface area contributed by atoms with Crippen LogP contribution >= 0.6 is 0 Å². The van der Waals surface area contributed by atoms with Crippen LogP contribution in [0.3, 0.4) is 0 Å². The maximum Gasteiger partial charge on any atom is 0.407 e. The van der Waals surface area contributed by atoms with Crippen LogP contribution in [-0.4, -0.2) is 75.9 Å². The lowest BCUT2D eigenvalue weighted by Gasteiger charge is -2.47. The van der Waals surface area contributed by atoms with E-state index in [1.165, 1.54) is 0 Å². The molecule has 3 rings (SSSR count). The molecule has 0 aliphatic carbocycles. The van der Waals surface area contributed by atoms with Gasteiger partial charge in [-0.25, -0.2) is 9.78 Å². The molecule has 1 aromatic heterocycles. The Bertz CT molecular complexity index is 617. The largest absolute Gasteiger partial charge is 0.465 e. The summed E-state index contributed by atoms with van der Waals surface area (Å²) in [5.74, 6) is 1.28. The Morgan fingerprint density at radius 1 is 1.27 bits per heavy atom. The van der Waals surface area contributed by atoms with Gasteiger partial charge in [-0.1, -0.05) is 0 Å². The molecule has 7 nitrogen and oxygen atoms in total. The molecule has 144 valence electrons. The summed E-state index contributed by atoms with van der Waals surface area (Å²) < 4.78 is 0. The SMILES string of the molecule is CC(C)N1CCN(C(=O)O)C(C2CCN(c3cc(CO)ccn3)CC2)C1. The van der Waals surface area contributed by atoms with Crippen LogP contribution in [0.4, 0.5) is 10.6 Å². The van der Waals surface area contributed by atoms with Gasteiger partial charge in [-0.3, -0.25) is 4.90 Å². The third-order valence-corrected chi connectivity index (χ3v) is 5.83. The molecule has 2 N–H and O–H groups in total. The van der Waals surface area contributed by atoms with Crippen LogP contribution in [0.1, 0.15) is 32.3 Å². The highest BCUT2D eigenvalue weighted by atomic mass is 16.4. The number of aromatic nitrogens is 1. The predicted octanol–water partition coefficient (Wildman–Crippen LogP) is 1.86. The Balaban J connectivity index is 1.65. The summed E-state index contributed by atoms with van der Waals surface area (Å²) in [5.41, 5.74) is 0.869. The van der Waals surface area contributed by atoms with Crippen molar-refractivity contribution in [3.8, 4) is 0 Å². The van der Waals surface area contributed by atoms with Gasteiger partial charge >= 0.3 is 6.09 Å². The molecule has 26 heavy (non-hydrogen) atoms. The van der Waals surface area contributed by atoms with Gasteiger partial charge in [0, 0.05) is 45.0 Å². The number of pyridine rings is 1. The van der Waals surface area contributed by atoms with Crippen molar-refractivity contribution in [1.82, 2.24) is 14.8 Å². The second kappa shape index (κ2) is 8.22. The average molecular weight is 362 g/mol. The number of anilines is 1. The van der Waals surface area contributed by atoms with Gasteiger partial charge in [-0.05, 0) is 50.3 Å². The lowest BCUT2D eigenvalue weighted by molar-refractivity contribution is 0.0258. The third-order valence-electron chi connectivity index (χ3n) is 5.83. The quantitative estimate of drug-likeness (QED) is 0.851. The topological polar surface area (TPSA) is 80.1 Å². The first kappa shape index (κ1) is 18.9. The van der Waals surface area contributed by atoms with Gasteiger partial charge in [0.1, 0.15) is 5.82 Å². The molecule has 1 atom stereocenters. The van der Waals surface area contributed by atoms with E-state index in [2.05, 4.69) is 28.6 Å². The van der Waals surface area contributed by atoms with Crippen molar-refractivity contribution < 1.29 is 15.0 Å². The summed E-state index contributed by atoms with van der Waals surface area (Å²) >= 11 is 0. The number of aliphatic hydroxyl groups is 1. The third kappa shape index (κ3) is 4.10. The van der Waals surface area contributed by atoms with Crippen molar-refractivity contribution in [3.63, 3.8) is 0 Å². The zero-order valence-electron chi connectivity index (χ0n) is 15.7. The monoisotopic (exact) mass is 362 g/mol. The van der Waals surface area contributed by atoms with Crippen LogP contribution in [0.5, 0.6) is 0 Å². The van der Waals surface area contributed by atoms with Gasteiger partial charge in [-0.15, -0.1) is 0 Å². The molecule has 0 bridgehead atoms.